The third-order valence-electron chi connectivity index (χ3n) is 8.04. The number of carbonyl (C=O) groups excluding carboxylic acids is 4. The number of ether oxygens (including phenoxy) is 2. The molecular weight excluding hydrogens is 502 g/mol. The molecule has 218 valence electrons. The average molecular weight is 548 g/mol. The molecule has 0 unspecified atom stereocenters. The van der Waals surface area contributed by atoms with Crippen LogP contribution >= 0.6 is 0 Å². The van der Waals surface area contributed by atoms with Crippen LogP contribution in [0.2, 0.25) is 0 Å². The van der Waals surface area contributed by atoms with Crippen LogP contribution < -0.4 is 5.32 Å². The highest BCUT2D eigenvalue weighted by atomic mass is 16.6. The summed E-state index contributed by atoms with van der Waals surface area (Å²) in [5.74, 6) is -2.77. The van der Waals surface area contributed by atoms with E-state index in [4.69, 9.17) is 9.47 Å². The van der Waals surface area contributed by atoms with Gasteiger partial charge in [-0.3, -0.25) is 19.2 Å². The van der Waals surface area contributed by atoms with Crippen LogP contribution in [0, 0.1) is 11.8 Å². The lowest BCUT2D eigenvalue weighted by molar-refractivity contribution is -0.159. The summed E-state index contributed by atoms with van der Waals surface area (Å²) in [5.41, 5.74) is -1.09. The van der Waals surface area contributed by atoms with Gasteiger partial charge in [0.25, 0.3) is 0 Å². The van der Waals surface area contributed by atoms with E-state index >= 15 is 0 Å². The van der Waals surface area contributed by atoms with Crippen LogP contribution in [0.4, 0.5) is 0 Å². The van der Waals surface area contributed by atoms with Gasteiger partial charge in [0.05, 0.1) is 24.5 Å². The standard InChI is InChI=1S/C29H45N3O7/c1-5-8-12-22(34)30-19-20(4)38-28(37)23-21-13-14-29(39-21)24(23)26(35)32(17-10-11-18-33)25(29)27(36)31(15-7-3)16-9-6-2/h5,7,20-21,23-25,33H,1,3,6,8-19H2,2,4H3,(H,30,34)/t20-,21+,23-,24-,25+,29-/m0/s1. The van der Waals surface area contributed by atoms with E-state index in [1.54, 1.807) is 28.9 Å². The molecule has 3 rings (SSSR count). The van der Waals surface area contributed by atoms with E-state index in [9.17, 15) is 24.3 Å². The molecule has 39 heavy (non-hydrogen) atoms. The van der Waals surface area contributed by atoms with Crippen molar-refractivity contribution in [2.75, 3.05) is 32.8 Å². The molecule has 3 amide bonds. The van der Waals surface area contributed by atoms with Crippen molar-refractivity contribution in [1.82, 2.24) is 15.1 Å². The number of carbonyl (C=O) groups is 4. The average Bonchev–Trinajstić information content (AvgIpc) is 3.56. The van der Waals surface area contributed by atoms with Crippen molar-refractivity contribution < 1.29 is 33.8 Å². The molecule has 6 atom stereocenters. The van der Waals surface area contributed by atoms with Crippen LogP contribution in [0.3, 0.4) is 0 Å². The zero-order valence-electron chi connectivity index (χ0n) is 23.4. The lowest BCUT2D eigenvalue weighted by atomic mass is 9.70. The molecule has 2 N–H and O–H groups in total. The molecule has 0 aromatic heterocycles. The fourth-order valence-corrected chi connectivity index (χ4v) is 6.20. The van der Waals surface area contributed by atoms with E-state index in [2.05, 4.69) is 25.4 Å². The molecule has 2 bridgehead atoms. The Labute approximate surface area is 231 Å². The summed E-state index contributed by atoms with van der Waals surface area (Å²) in [6.45, 7) is 12.5. The molecule has 3 aliphatic rings. The number of rotatable bonds is 17. The van der Waals surface area contributed by atoms with Crippen LogP contribution in [-0.4, -0.2) is 95.2 Å². The normalized spacial score (nSPS) is 27.7. The van der Waals surface area contributed by atoms with Crippen molar-refractivity contribution in [3.8, 4) is 0 Å². The highest BCUT2D eigenvalue weighted by Crippen LogP contribution is 2.58. The number of likely N-dealkylation sites (tertiary alicyclic amines) is 1. The predicted octanol–water partition coefficient (Wildman–Crippen LogP) is 1.96. The second-order valence-electron chi connectivity index (χ2n) is 10.8. The number of hydrogen-bond acceptors (Lipinski definition) is 7. The summed E-state index contributed by atoms with van der Waals surface area (Å²) in [6.07, 6.45) is 6.96. The summed E-state index contributed by atoms with van der Waals surface area (Å²) in [5, 5.41) is 12.1. The Bertz CT molecular complexity index is 925. The summed E-state index contributed by atoms with van der Waals surface area (Å²) >= 11 is 0. The highest BCUT2D eigenvalue weighted by Gasteiger charge is 2.75. The smallest absolute Gasteiger partial charge is 0.312 e. The Morgan fingerprint density at radius 3 is 2.72 bits per heavy atom. The fourth-order valence-electron chi connectivity index (χ4n) is 6.20. The quantitative estimate of drug-likeness (QED) is 0.162. The summed E-state index contributed by atoms with van der Waals surface area (Å²) in [4.78, 5) is 56.6. The highest BCUT2D eigenvalue weighted by molar-refractivity contribution is 5.98. The molecule has 3 fully saturated rings. The van der Waals surface area contributed by atoms with Crippen LogP contribution in [0.25, 0.3) is 0 Å². The Morgan fingerprint density at radius 1 is 1.28 bits per heavy atom. The van der Waals surface area contributed by atoms with Gasteiger partial charge in [0, 0.05) is 32.7 Å². The molecule has 0 aromatic carbocycles. The van der Waals surface area contributed by atoms with Crippen LogP contribution in [-0.2, 0) is 28.7 Å². The first-order valence-electron chi connectivity index (χ1n) is 14.3. The van der Waals surface area contributed by atoms with Crippen molar-refractivity contribution in [1.29, 1.82) is 0 Å². The number of nitrogens with zero attached hydrogens (tertiary/aromatic N) is 2. The lowest BCUT2D eigenvalue weighted by Crippen LogP contribution is -2.56. The minimum Gasteiger partial charge on any atom is -0.460 e. The Balaban J connectivity index is 1.81. The number of aliphatic hydroxyl groups excluding tert-OH is 1. The number of amides is 3. The maximum Gasteiger partial charge on any atom is 0.312 e. The maximum atomic E-state index is 14.0. The molecule has 3 heterocycles. The fraction of sp³-hybridized carbons (Fsp3) is 0.724. The largest absolute Gasteiger partial charge is 0.460 e. The van der Waals surface area contributed by atoms with Gasteiger partial charge in [0.15, 0.2) is 0 Å². The zero-order valence-corrected chi connectivity index (χ0v) is 23.4. The van der Waals surface area contributed by atoms with Gasteiger partial charge in [-0.1, -0.05) is 25.5 Å². The lowest BCUT2D eigenvalue weighted by Gasteiger charge is -2.36. The van der Waals surface area contributed by atoms with E-state index in [1.807, 2.05) is 0 Å². The number of hydrogen-bond donors (Lipinski definition) is 2. The second-order valence-corrected chi connectivity index (χ2v) is 10.8. The number of aliphatic hydroxyl groups is 1. The van der Waals surface area contributed by atoms with Gasteiger partial charge in [-0.05, 0) is 45.4 Å². The minimum absolute atomic E-state index is 0.0101. The number of allylic oxidation sites excluding steroid dienone is 1. The van der Waals surface area contributed by atoms with Gasteiger partial charge in [-0.15, -0.1) is 13.2 Å². The Kier molecular flexibility index (Phi) is 11.1. The monoisotopic (exact) mass is 547 g/mol. The summed E-state index contributed by atoms with van der Waals surface area (Å²) in [7, 11) is 0. The number of fused-ring (bicyclic) bond motifs is 1. The maximum absolute atomic E-state index is 14.0. The first-order chi connectivity index (χ1) is 18.7. The van der Waals surface area contributed by atoms with E-state index in [0.29, 0.717) is 58.2 Å². The van der Waals surface area contributed by atoms with Crippen LogP contribution in [0.1, 0.15) is 65.2 Å². The molecule has 1 spiro atoms. The van der Waals surface area contributed by atoms with E-state index < -0.39 is 41.7 Å². The number of nitrogens with one attached hydrogen (secondary N) is 1. The van der Waals surface area contributed by atoms with E-state index in [1.165, 1.54) is 0 Å². The third-order valence-corrected chi connectivity index (χ3v) is 8.04. The van der Waals surface area contributed by atoms with Gasteiger partial charge < -0.3 is 29.7 Å². The van der Waals surface area contributed by atoms with Crippen molar-refractivity contribution in [2.24, 2.45) is 11.8 Å². The first kappa shape index (κ1) is 30.8. The molecule has 0 saturated carbocycles. The van der Waals surface area contributed by atoms with Gasteiger partial charge in [0.2, 0.25) is 17.7 Å². The number of esters is 1. The zero-order chi connectivity index (χ0) is 28.6. The summed E-state index contributed by atoms with van der Waals surface area (Å²) in [6, 6.07) is -0.838. The molecule has 0 aliphatic carbocycles. The first-order valence-corrected chi connectivity index (χ1v) is 14.3. The van der Waals surface area contributed by atoms with Crippen molar-refractivity contribution >= 4 is 23.7 Å². The Morgan fingerprint density at radius 2 is 2.05 bits per heavy atom. The molecular formula is C29H45N3O7. The van der Waals surface area contributed by atoms with Gasteiger partial charge >= 0.3 is 5.97 Å². The second kappa shape index (κ2) is 14.1. The van der Waals surface area contributed by atoms with Crippen LogP contribution in [0.5, 0.6) is 0 Å². The molecule has 10 heteroatoms. The third kappa shape index (κ3) is 6.54. The summed E-state index contributed by atoms with van der Waals surface area (Å²) < 4.78 is 12.1. The van der Waals surface area contributed by atoms with Crippen molar-refractivity contribution in [3.05, 3.63) is 25.3 Å². The predicted molar refractivity (Wildman–Crippen MR) is 145 cm³/mol. The van der Waals surface area contributed by atoms with Crippen molar-refractivity contribution in [2.45, 2.75) is 89.1 Å². The van der Waals surface area contributed by atoms with E-state index in [-0.39, 0.29) is 30.9 Å². The topological polar surface area (TPSA) is 125 Å². The molecule has 3 aliphatic heterocycles. The van der Waals surface area contributed by atoms with Gasteiger partial charge in [-0.2, -0.15) is 0 Å². The van der Waals surface area contributed by atoms with E-state index in [0.717, 1.165) is 12.8 Å². The van der Waals surface area contributed by atoms with Crippen LogP contribution in [0.15, 0.2) is 25.3 Å². The molecule has 3 saturated heterocycles. The Hall–Kier alpha value is -2.72. The SMILES string of the molecule is C=CCCC(=O)NC[C@H](C)OC(=O)[C@@H]1[C@H]2C(=O)N(CCCCO)[C@H](C(=O)N(CC=C)CCCC)[C@]23CC[C@H]1O3. The molecule has 0 aromatic rings. The van der Waals surface area contributed by atoms with Crippen molar-refractivity contribution in [3.63, 3.8) is 0 Å². The minimum atomic E-state index is -1.09. The molecule has 0 radical (unpaired) electrons. The van der Waals surface area contributed by atoms with Gasteiger partial charge in [-0.25, -0.2) is 0 Å². The molecule has 10 nitrogen and oxygen atoms in total. The number of unbranched alkanes of at least 4 members (excludes halogenated alkanes) is 2. The van der Waals surface area contributed by atoms with Gasteiger partial charge in [0.1, 0.15) is 17.7 Å².